The molecule has 1 aromatic rings. The van der Waals surface area contributed by atoms with Gasteiger partial charge >= 0.3 is 5.97 Å². The smallest absolute Gasteiger partial charge is 0.336 e. The number of hydrogen-bond donors (Lipinski definition) is 3. The monoisotopic (exact) mass is 299 g/mol. The van der Waals surface area contributed by atoms with Crippen LogP contribution in [0.4, 0.5) is 5.69 Å². The van der Waals surface area contributed by atoms with Crippen LogP contribution in [0.5, 0.6) is 0 Å². The predicted molar refractivity (Wildman–Crippen MR) is 68.8 cm³/mol. The quantitative estimate of drug-likeness (QED) is 0.465. The average Bonchev–Trinajstić information content (AvgIpc) is 2.43. The molecular weight excluding hydrogens is 286 g/mol. The van der Waals surface area contributed by atoms with E-state index in [9.17, 15) is 18.3 Å². The van der Waals surface area contributed by atoms with Crippen LogP contribution in [0.1, 0.15) is 5.56 Å². The molecule has 0 aliphatic rings. The van der Waals surface area contributed by atoms with E-state index in [1.165, 1.54) is 18.2 Å². The Labute approximate surface area is 115 Å². The second-order valence-electron chi connectivity index (χ2n) is 3.76. The van der Waals surface area contributed by atoms with Gasteiger partial charge in [0.25, 0.3) is 0 Å². The largest absolute Gasteiger partial charge is 0.467 e. The van der Waals surface area contributed by atoms with Crippen molar-refractivity contribution < 1.29 is 23.1 Å². The summed E-state index contributed by atoms with van der Waals surface area (Å²) in [6, 6.07) is 5.42. The first-order valence-corrected chi connectivity index (χ1v) is 6.85. The van der Waals surface area contributed by atoms with Gasteiger partial charge in [-0.1, -0.05) is 0 Å². The number of nitrogens with zero attached hydrogens (tertiary/aromatic N) is 1. The molecule has 0 radical (unpaired) electrons. The van der Waals surface area contributed by atoms with Crippen LogP contribution in [0.2, 0.25) is 0 Å². The highest BCUT2D eigenvalue weighted by Crippen LogP contribution is 2.17. The molecule has 0 bridgehead atoms. The zero-order valence-electron chi connectivity index (χ0n) is 10.5. The van der Waals surface area contributed by atoms with Gasteiger partial charge in [0.1, 0.15) is 6.07 Å². The van der Waals surface area contributed by atoms with E-state index in [4.69, 9.17) is 11.0 Å². The SMILES string of the molecule is COC(=O)C(O)CNS(=O)(=O)c1ccc(N)cc1C#N. The number of hydrogen-bond acceptors (Lipinski definition) is 7. The Kier molecular flexibility index (Phi) is 5.04. The van der Waals surface area contributed by atoms with Crippen molar-refractivity contribution in [2.45, 2.75) is 11.0 Å². The number of nitrogen functional groups attached to an aromatic ring is 1. The van der Waals surface area contributed by atoms with Gasteiger partial charge in [-0.2, -0.15) is 5.26 Å². The number of esters is 1. The molecule has 1 rings (SSSR count). The normalized spacial score (nSPS) is 12.4. The number of anilines is 1. The van der Waals surface area contributed by atoms with Crippen LogP contribution in [0.25, 0.3) is 0 Å². The van der Waals surface area contributed by atoms with Crippen LogP contribution in [0.15, 0.2) is 23.1 Å². The Balaban J connectivity index is 2.96. The first-order chi connectivity index (χ1) is 9.31. The van der Waals surface area contributed by atoms with Gasteiger partial charge < -0.3 is 15.6 Å². The summed E-state index contributed by atoms with van der Waals surface area (Å²) in [6.07, 6.45) is -1.63. The average molecular weight is 299 g/mol. The van der Waals surface area contributed by atoms with E-state index in [1.54, 1.807) is 6.07 Å². The van der Waals surface area contributed by atoms with Crippen molar-refractivity contribution >= 4 is 21.7 Å². The Morgan fingerprint density at radius 1 is 1.60 bits per heavy atom. The number of carbonyl (C=O) groups is 1. The molecule has 1 atom stereocenters. The van der Waals surface area contributed by atoms with Crippen LogP contribution in [-0.4, -0.2) is 39.3 Å². The molecule has 20 heavy (non-hydrogen) atoms. The number of ether oxygens (including phenoxy) is 1. The fraction of sp³-hybridized carbons (Fsp3) is 0.273. The highest BCUT2D eigenvalue weighted by molar-refractivity contribution is 7.89. The lowest BCUT2D eigenvalue weighted by molar-refractivity contribution is -0.149. The highest BCUT2D eigenvalue weighted by atomic mass is 32.2. The Bertz CT molecular complexity index is 651. The number of methoxy groups -OCH3 is 1. The molecule has 0 aromatic heterocycles. The fourth-order valence-corrected chi connectivity index (χ4v) is 2.53. The number of carbonyl (C=O) groups excluding carboxylic acids is 1. The van der Waals surface area contributed by atoms with Crippen molar-refractivity contribution in [3.05, 3.63) is 23.8 Å². The molecule has 1 aromatic carbocycles. The summed E-state index contributed by atoms with van der Waals surface area (Å²) in [6.45, 7) is -0.565. The van der Waals surface area contributed by atoms with Gasteiger partial charge in [0.05, 0.1) is 17.6 Å². The number of aliphatic hydroxyl groups excluding tert-OH is 1. The van der Waals surface area contributed by atoms with Crippen LogP contribution in [-0.2, 0) is 19.6 Å². The number of sulfonamides is 1. The minimum absolute atomic E-state index is 0.134. The first-order valence-electron chi connectivity index (χ1n) is 5.37. The molecule has 1 unspecified atom stereocenters. The van der Waals surface area contributed by atoms with Crippen molar-refractivity contribution in [1.29, 1.82) is 5.26 Å². The zero-order valence-corrected chi connectivity index (χ0v) is 11.3. The van der Waals surface area contributed by atoms with Gasteiger partial charge in [0.2, 0.25) is 10.0 Å². The third kappa shape index (κ3) is 3.67. The molecule has 108 valence electrons. The van der Waals surface area contributed by atoms with Crippen molar-refractivity contribution in [3.63, 3.8) is 0 Å². The number of aliphatic hydroxyl groups is 1. The molecule has 0 amide bonds. The van der Waals surface area contributed by atoms with Crippen LogP contribution >= 0.6 is 0 Å². The lowest BCUT2D eigenvalue weighted by Gasteiger charge is -2.11. The van der Waals surface area contributed by atoms with E-state index in [0.29, 0.717) is 0 Å². The maximum atomic E-state index is 12.0. The number of rotatable bonds is 5. The molecule has 0 spiro atoms. The first kappa shape index (κ1) is 15.9. The molecule has 0 saturated heterocycles. The molecule has 0 saturated carbocycles. The summed E-state index contributed by atoms with van der Waals surface area (Å²) in [5.74, 6) is -0.967. The van der Waals surface area contributed by atoms with E-state index in [-0.39, 0.29) is 16.1 Å². The molecule has 0 aliphatic heterocycles. The number of benzene rings is 1. The number of nitrogens with two attached hydrogens (primary N) is 1. The van der Waals surface area contributed by atoms with E-state index in [0.717, 1.165) is 7.11 Å². The second kappa shape index (κ2) is 6.33. The Morgan fingerprint density at radius 3 is 2.80 bits per heavy atom. The highest BCUT2D eigenvalue weighted by Gasteiger charge is 2.22. The van der Waals surface area contributed by atoms with Gasteiger partial charge in [0, 0.05) is 12.2 Å². The summed E-state index contributed by atoms with van der Waals surface area (Å²) in [5, 5.41) is 18.2. The van der Waals surface area contributed by atoms with Gasteiger partial charge in [-0.05, 0) is 18.2 Å². The van der Waals surface area contributed by atoms with Gasteiger partial charge in [-0.25, -0.2) is 17.9 Å². The maximum Gasteiger partial charge on any atom is 0.336 e. The molecule has 0 heterocycles. The summed E-state index contributed by atoms with van der Waals surface area (Å²) < 4.78 is 30.2. The summed E-state index contributed by atoms with van der Waals surface area (Å²) >= 11 is 0. The third-order valence-corrected chi connectivity index (χ3v) is 3.84. The number of nitriles is 1. The fourth-order valence-electron chi connectivity index (χ4n) is 1.36. The minimum Gasteiger partial charge on any atom is -0.467 e. The van der Waals surface area contributed by atoms with Gasteiger partial charge in [-0.3, -0.25) is 0 Å². The molecular formula is C11H13N3O5S. The topological polar surface area (TPSA) is 143 Å². The summed E-state index contributed by atoms with van der Waals surface area (Å²) in [4.78, 5) is 10.7. The van der Waals surface area contributed by atoms with E-state index >= 15 is 0 Å². The Hall–Kier alpha value is -2.15. The van der Waals surface area contributed by atoms with Crippen molar-refractivity contribution in [2.75, 3.05) is 19.4 Å². The maximum absolute atomic E-state index is 12.0. The number of nitrogens with one attached hydrogen (secondary N) is 1. The van der Waals surface area contributed by atoms with Gasteiger partial charge in [0.15, 0.2) is 6.10 Å². The predicted octanol–water partition coefficient (Wildman–Crippen LogP) is -1.05. The molecule has 0 fully saturated rings. The van der Waals surface area contributed by atoms with Crippen LogP contribution in [0.3, 0.4) is 0 Å². The zero-order chi connectivity index (χ0) is 15.3. The van der Waals surface area contributed by atoms with Crippen LogP contribution < -0.4 is 10.5 Å². The van der Waals surface area contributed by atoms with Gasteiger partial charge in [-0.15, -0.1) is 0 Å². The summed E-state index contributed by atoms with van der Waals surface area (Å²) in [5.41, 5.74) is 5.57. The Morgan fingerprint density at radius 2 is 2.25 bits per heavy atom. The third-order valence-electron chi connectivity index (χ3n) is 2.35. The molecule has 4 N–H and O–H groups in total. The lowest BCUT2D eigenvalue weighted by Crippen LogP contribution is -2.37. The van der Waals surface area contributed by atoms with E-state index in [1.807, 2.05) is 4.72 Å². The molecule has 0 aliphatic carbocycles. The van der Waals surface area contributed by atoms with E-state index < -0.39 is 28.6 Å². The molecule has 8 nitrogen and oxygen atoms in total. The van der Waals surface area contributed by atoms with Crippen LogP contribution in [0, 0.1) is 11.3 Å². The second-order valence-corrected chi connectivity index (χ2v) is 5.49. The van der Waals surface area contributed by atoms with Crippen molar-refractivity contribution in [1.82, 2.24) is 4.72 Å². The van der Waals surface area contributed by atoms with E-state index in [2.05, 4.69) is 4.74 Å². The lowest BCUT2D eigenvalue weighted by atomic mass is 10.2. The minimum atomic E-state index is -4.05. The summed E-state index contributed by atoms with van der Waals surface area (Å²) in [7, 11) is -2.99. The van der Waals surface area contributed by atoms with Crippen molar-refractivity contribution in [2.24, 2.45) is 0 Å². The molecule has 9 heteroatoms. The van der Waals surface area contributed by atoms with Crippen molar-refractivity contribution in [3.8, 4) is 6.07 Å². The standard InChI is InChI=1S/C11H13N3O5S/c1-19-11(16)9(15)6-14-20(17,18)10-3-2-8(13)4-7(10)5-12/h2-4,9,14-15H,6,13H2,1H3.